The quantitative estimate of drug-likeness (QED) is 0.430. The lowest BCUT2D eigenvalue weighted by atomic mass is 9.80. The summed E-state index contributed by atoms with van der Waals surface area (Å²) in [5.74, 6) is -0.0155. The summed E-state index contributed by atoms with van der Waals surface area (Å²) in [6.45, 7) is 4.10. The van der Waals surface area contributed by atoms with Crippen molar-refractivity contribution < 1.29 is 18.8 Å². The molecule has 4 rings (SSSR count). The lowest BCUT2D eigenvalue weighted by Crippen LogP contribution is -2.51. The molecule has 0 aromatic heterocycles. The summed E-state index contributed by atoms with van der Waals surface area (Å²) >= 11 is 0. The van der Waals surface area contributed by atoms with Gasteiger partial charge in [-0.25, -0.2) is 4.39 Å². The minimum Gasteiger partial charge on any atom is -0.466 e. The Morgan fingerprint density at radius 1 is 1.38 bits per heavy atom. The summed E-state index contributed by atoms with van der Waals surface area (Å²) in [6.07, 6.45) is 5.82. The van der Waals surface area contributed by atoms with Crippen molar-refractivity contribution >= 4 is 11.8 Å². The highest BCUT2D eigenvalue weighted by molar-refractivity contribution is 5.96. The fraction of sp³-hybridized carbons (Fsp3) is 0.429. The predicted molar refractivity (Wildman–Crippen MR) is 104 cm³/mol. The summed E-state index contributed by atoms with van der Waals surface area (Å²) in [5.41, 5.74) is 0.133. The number of carbonyl (C=O) groups excluding carboxylic acids is 1. The van der Waals surface area contributed by atoms with E-state index in [-0.39, 0.29) is 35.4 Å². The fourth-order valence-corrected chi connectivity index (χ4v) is 4.28. The molecule has 152 valence electrons. The molecule has 0 amide bonds. The molecule has 0 radical (unpaired) electrons. The van der Waals surface area contributed by atoms with Crippen LogP contribution in [0, 0.1) is 27.8 Å². The molecule has 1 fully saturated rings. The molecule has 0 bridgehead atoms. The first kappa shape index (κ1) is 19.3. The standard InChI is InChI=1S/C21H22FN3O4/c1-3-29-20(26)17-10-16(17)18-11-21(2,13-4-6-14(22)7-5-13)24-12-15(25(27)28)8-9-19(24)23-18/h4-9,12,16-18H,3,10-11H2,1-2H3. The summed E-state index contributed by atoms with van der Waals surface area (Å²) in [6, 6.07) is 6.04. The van der Waals surface area contributed by atoms with Gasteiger partial charge >= 0.3 is 5.97 Å². The summed E-state index contributed by atoms with van der Waals surface area (Å²) in [5, 5.41) is 11.3. The molecule has 1 saturated carbocycles. The maximum atomic E-state index is 13.5. The SMILES string of the molecule is CCOC(=O)C1CC1C1CC(C)(c2ccc(F)cc2)N2C=C([N+](=O)[O-])C=CC2=N1. The van der Waals surface area contributed by atoms with Crippen LogP contribution in [-0.4, -0.2) is 34.3 Å². The molecule has 0 spiro atoms. The van der Waals surface area contributed by atoms with E-state index in [9.17, 15) is 19.3 Å². The number of fused-ring (bicyclic) bond motifs is 1. The first-order valence-corrected chi connectivity index (χ1v) is 9.67. The zero-order valence-corrected chi connectivity index (χ0v) is 16.2. The lowest BCUT2D eigenvalue weighted by molar-refractivity contribution is -0.420. The minimum absolute atomic E-state index is 0.0356. The fourth-order valence-electron chi connectivity index (χ4n) is 4.28. The Morgan fingerprint density at radius 2 is 2.10 bits per heavy atom. The zero-order chi connectivity index (χ0) is 20.8. The van der Waals surface area contributed by atoms with Gasteiger partial charge in [0.25, 0.3) is 5.70 Å². The highest BCUT2D eigenvalue weighted by Gasteiger charge is 2.53. The second-order valence-electron chi connectivity index (χ2n) is 7.81. The van der Waals surface area contributed by atoms with E-state index in [1.165, 1.54) is 24.4 Å². The lowest BCUT2D eigenvalue weighted by Gasteiger charge is -2.46. The van der Waals surface area contributed by atoms with Gasteiger partial charge in [-0.3, -0.25) is 19.9 Å². The summed E-state index contributed by atoms with van der Waals surface area (Å²) < 4.78 is 18.7. The van der Waals surface area contributed by atoms with Crippen molar-refractivity contribution in [2.45, 2.75) is 38.3 Å². The third-order valence-corrected chi connectivity index (χ3v) is 5.95. The Labute approximate surface area is 167 Å². The van der Waals surface area contributed by atoms with Crippen LogP contribution in [0.2, 0.25) is 0 Å². The van der Waals surface area contributed by atoms with Gasteiger partial charge in [-0.05, 0) is 56.4 Å². The Balaban J connectivity index is 1.70. The molecule has 4 unspecified atom stereocenters. The molecule has 1 aromatic rings. The molecular formula is C21H22FN3O4. The number of hydrogen-bond donors (Lipinski definition) is 0. The highest BCUT2D eigenvalue weighted by atomic mass is 19.1. The molecule has 7 nitrogen and oxygen atoms in total. The molecular weight excluding hydrogens is 377 g/mol. The van der Waals surface area contributed by atoms with Gasteiger partial charge in [0.1, 0.15) is 11.7 Å². The zero-order valence-electron chi connectivity index (χ0n) is 16.2. The molecule has 3 aliphatic rings. The van der Waals surface area contributed by atoms with Crippen molar-refractivity contribution in [3.8, 4) is 0 Å². The highest BCUT2D eigenvalue weighted by Crippen LogP contribution is 2.50. The minimum atomic E-state index is -0.663. The van der Waals surface area contributed by atoms with Crippen LogP contribution in [0.4, 0.5) is 4.39 Å². The van der Waals surface area contributed by atoms with Crippen LogP contribution >= 0.6 is 0 Å². The number of amidine groups is 1. The Kier molecular flexibility index (Phi) is 4.72. The smallest absolute Gasteiger partial charge is 0.309 e. The molecule has 2 aliphatic heterocycles. The third-order valence-electron chi connectivity index (χ3n) is 5.95. The van der Waals surface area contributed by atoms with E-state index in [2.05, 4.69) is 0 Å². The van der Waals surface area contributed by atoms with E-state index >= 15 is 0 Å². The number of ether oxygens (including phenoxy) is 1. The molecule has 4 atom stereocenters. The second kappa shape index (κ2) is 7.09. The average Bonchev–Trinajstić information content (AvgIpc) is 3.49. The number of hydrogen-bond acceptors (Lipinski definition) is 6. The van der Waals surface area contributed by atoms with Crippen LogP contribution < -0.4 is 0 Å². The van der Waals surface area contributed by atoms with Crippen LogP contribution in [0.3, 0.4) is 0 Å². The maximum absolute atomic E-state index is 13.5. The predicted octanol–water partition coefficient (Wildman–Crippen LogP) is 3.40. The van der Waals surface area contributed by atoms with E-state index in [0.717, 1.165) is 12.0 Å². The van der Waals surface area contributed by atoms with Crippen LogP contribution in [0.1, 0.15) is 32.3 Å². The van der Waals surface area contributed by atoms with Crippen molar-refractivity contribution in [3.05, 3.63) is 69.8 Å². The number of benzene rings is 1. The summed E-state index contributed by atoms with van der Waals surface area (Å²) in [7, 11) is 0. The van der Waals surface area contributed by atoms with Crippen molar-refractivity contribution in [3.63, 3.8) is 0 Å². The molecule has 1 aromatic carbocycles. The van der Waals surface area contributed by atoms with Crippen LogP contribution in [-0.2, 0) is 15.1 Å². The van der Waals surface area contributed by atoms with Gasteiger partial charge in [-0.15, -0.1) is 0 Å². The number of nitrogens with zero attached hydrogens (tertiary/aromatic N) is 3. The van der Waals surface area contributed by atoms with Crippen molar-refractivity contribution in [2.24, 2.45) is 16.8 Å². The monoisotopic (exact) mass is 399 g/mol. The topological polar surface area (TPSA) is 85.0 Å². The van der Waals surface area contributed by atoms with Gasteiger partial charge in [0.2, 0.25) is 0 Å². The van der Waals surface area contributed by atoms with Crippen molar-refractivity contribution in [1.29, 1.82) is 0 Å². The van der Waals surface area contributed by atoms with E-state index in [0.29, 0.717) is 18.9 Å². The number of carbonyl (C=O) groups is 1. The largest absolute Gasteiger partial charge is 0.466 e. The molecule has 1 aliphatic carbocycles. The Bertz CT molecular complexity index is 940. The number of esters is 1. The normalized spacial score (nSPS) is 30.2. The second-order valence-corrected chi connectivity index (χ2v) is 7.81. The average molecular weight is 399 g/mol. The van der Waals surface area contributed by atoms with E-state index in [1.54, 1.807) is 30.0 Å². The van der Waals surface area contributed by atoms with Gasteiger partial charge in [0.15, 0.2) is 0 Å². The van der Waals surface area contributed by atoms with Gasteiger partial charge in [0, 0.05) is 6.08 Å². The van der Waals surface area contributed by atoms with Gasteiger partial charge < -0.3 is 9.64 Å². The van der Waals surface area contributed by atoms with Gasteiger partial charge in [-0.1, -0.05) is 12.1 Å². The summed E-state index contributed by atoms with van der Waals surface area (Å²) in [4.78, 5) is 29.6. The molecule has 29 heavy (non-hydrogen) atoms. The first-order chi connectivity index (χ1) is 13.8. The molecule has 0 N–H and O–H groups in total. The molecule has 0 saturated heterocycles. The maximum Gasteiger partial charge on any atom is 0.309 e. The number of aliphatic imine (C=N–C) groups is 1. The van der Waals surface area contributed by atoms with E-state index < -0.39 is 10.5 Å². The third kappa shape index (κ3) is 3.43. The number of rotatable bonds is 5. The number of nitro groups is 1. The van der Waals surface area contributed by atoms with E-state index in [1.807, 2.05) is 6.92 Å². The van der Waals surface area contributed by atoms with E-state index in [4.69, 9.17) is 9.73 Å². The van der Waals surface area contributed by atoms with Crippen molar-refractivity contribution in [1.82, 2.24) is 4.90 Å². The van der Waals surface area contributed by atoms with Gasteiger partial charge in [0.05, 0.1) is 35.2 Å². The molecule has 8 heteroatoms. The molecule has 2 heterocycles. The van der Waals surface area contributed by atoms with Crippen LogP contribution in [0.15, 0.2) is 53.3 Å². The van der Waals surface area contributed by atoms with Crippen LogP contribution in [0.5, 0.6) is 0 Å². The first-order valence-electron chi connectivity index (χ1n) is 9.67. The van der Waals surface area contributed by atoms with Gasteiger partial charge in [-0.2, -0.15) is 0 Å². The Hall–Kier alpha value is -3.03. The number of halogens is 1. The van der Waals surface area contributed by atoms with Crippen LogP contribution in [0.25, 0.3) is 0 Å². The van der Waals surface area contributed by atoms with Crippen molar-refractivity contribution in [2.75, 3.05) is 6.61 Å². The Morgan fingerprint density at radius 3 is 2.76 bits per heavy atom. The number of allylic oxidation sites excluding steroid dienone is 1.